The molecule has 0 aliphatic heterocycles. The number of allylic oxidation sites excluding steroid dienone is 1. The highest BCUT2D eigenvalue weighted by Crippen LogP contribution is 2.38. The molecule has 1 fully saturated rings. The van der Waals surface area contributed by atoms with Gasteiger partial charge in [0.2, 0.25) is 0 Å². The first-order valence-electron chi connectivity index (χ1n) is 13.3. The summed E-state index contributed by atoms with van der Waals surface area (Å²) in [6.45, 7) is 5.98. The quantitative estimate of drug-likeness (QED) is 0.227. The Morgan fingerprint density at radius 3 is 2.41 bits per heavy atom. The van der Waals surface area contributed by atoms with E-state index in [0.717, 1.165) is 58.3 Å². The van der Waals surface area contributed by atoms with Gasteiger partial charge in [-0.3, -0.25) is 4.79 Å². The average molecular weight is 562 g/mol. The van der Waals surface area contributed by atoms with Gasteiger partial charge in [-0.05, 0) is 81.1 Å². The van der Waals surface area contributed by atoms with Gasteiger partial charge in [0.05, 0.1) is 5.02 Å². The first-order valence-corrected chi connectivity index (χ1v) is 14.5. The van der Waals surface area contributed by atoms with Gasteiger partial charge in [-0.2, -0.15) is 0 Å². The molecule has 1 aliphatic carbocycles. The molecule has 1 amide bonds. The van der Waals surface area contributed by atoms with Crippen LogP contribution in [0.3, 0.4) is 0 Å². The van der Waals surface area contributed by atoms with E-state index in [9.17, 15) is 4.79 Å². The second-order valence-corrected chi connectivity index (χ2v) is 11.7. The van der Waals surface area contributed by atoms with Crippen LogP contribution in [0.1, 0.15) is 47.8 Å². The van der Waals surface area contributed by atoms with Crippen molar-refractivity contribution in [2.75, 3.05) is 12.4 Å². The molecule has 202 valence electrons. The normalized spacial score (nSPS) is 17.2. The molecule has 5 rings (SSSR count). The lowest BCUT2D eigenvalue weighted by molar-refractivity contribution is 0.0604. The van der Waals surface area contributed by atoms with Crippen molar-refractivity contribution in [2.24, 2.45) is 0 Å². The zero-order chi connectivity index (χ0) is 27.5. The summed E-state index contributed by atoms with van der Waals surface area (Å²) in [5, 5.41) is 7.92. The Labute approximate surface area is 238 Å². The molecular formula is C32H33ClFN3OS. The molecule has 39 heavy (non-hydrogen) atoms. The molecule has 0 bridgehead atoms. The Morgan fingerprint density at radius 1 is 1.05 bits per heavy atom. The molecule has 4 aromatic rings. The Morgan fingerprint density at radius 2 is 1.74 bits per heavy atom. The third kappa shape index (κ3) is 6.03. The van der Waals surface area contributed by atoms with E-state index in [2.05, 4.69) is 17.2 Å². The Bertz CT molecular complexity index is 1490. The molecule has 4 nitrogen and oxygen atoms in total. The van der Waals surface area contributed by atoms with Crippen LogP contribution in [0.25, 0.3) is 21.2 Å². The minimum Gasteiger partial charge on any atom is -0.360 e. The van der Waals surface area contributed by atoms with Crippen molar-refractivity contribution < 1.29 is 9.18 Å². The number of halogens is 2. The summed E-state index contributed by atoms with van der Waals surface area (Å²) in [5.41, 5.74) is 4.18. The van der Waals surface area contributed by atoms with E-state index in [0.29, 0.717) is 21.5 Å². The molecule has 0 unspecified atom stereocenters. The monoisotopic (exact) mass is 561 g/mol. The molecule has 1 saturated carbocycles. The minimum atomic E-state index is -0.316. The van der Waals surface area contributed by atoms with Crippen LogP contribution in [0.5, 0.6) is 0 Å². The Hall–Kier alpha value is -3.19. The fraction of sp³-hybridized carbons (Fsp3) is 0.281. The first-order chi connectivity index (χ1) is 18.8. The fourth-order valence-electron chi connectivity index (χ4n) is 5.38. The van der Waals surface area contributed by atoms with E-state index in [1.165, 1.54) is 17.4 Å². The molecule has 1 aromatic heterocycles. The lowest BCUT2D eigenvalue weighted by Gasteiger charge is -2.37. The predicted molar refractivity (Wildman–Crippen MR) is 162 cm³/mol. The van der Waals surface area contributed by atoms with Crippen LogP contribution < -0.4 is 10.6 Å². The third-order valence-electron chi connectivity index (χ3n) is 7.50. The number of carbonyl (C=O) groups is 1. The van der Waals surface area contributed by atoms with E-state index < -0.39 is 0 Å². The molecule has 0 radical (unpaired) electrons. The van der Waals surface area contributed by atoms with Crippen LogP contribution in [-0.2, 0) is 6.54 Å². The molecule has 3 aromatic carbocycles. The van der Waals surface area contributed by atoms with Crippen LogP contribution in [-0.4, -0.2) is 29.9 Å². The van der Waals surface area contributed by atoms with Crippen LogP contribution >= 0.6 is 22.9 Å². The van der Waals surface area contributed by atoms with Crippen molar-refractivity contribution in [3.63, 3.8) is 0 Å². The van der Waals surface area contributed by atoms with Crippen molar-refractivity contribution in [3.05, 3.63) is 100 Å². The molecule has 0 saturated heterocycles. The summed E-state index contributed by atoms with van der Waals surface area (Å²) >= 11 is 8.14. The SMILES string of the molecule is C=C(C)Nc1ccc(-c2ccc(F)c(CN(C(=O)c3sc4ccccc4c3Cl)[C@H]3CC[C@H](NC)CC3)c2)cc1. The van der Waals surface area contributed by atoms with Gasteiger partial charge in [0.25, 0.3) is 5.91 Å². The fourth-order valence-corrected chi connectivity index (χ4v) is 6.84. The summed E-state index contributed by atoms with van der Waals surface area (Å²) in [6, 6.07) is 21.3. The number of hydrogen-bond donors (Lipinski definition) is 2. The highest BCUT2D eigenvalue weighted by atomic mass is 35.5. The van der Waals surface area contributed by atoms with E-state index in [1.807, 2.05) is 73.5 Å². The first kappa shape index (κ1) is 27.4. The lowest BCUT2D eigenvalue weighted by Crippen LogP contribution is -2.44. The van der Waals surface area contributed by atoms with Crippen molar-refractivity contribution in [1.29, 1.82) is 0 Å². The van der Waals surface area contributed by atoms with E-state index in [1.54, 1.807) is 6.07 Å². The van der Waals surface area contributed by atoms with Gasteiger partial charge in [-0.1, -0.05) is 54.6 Å². The highest BCUT2D eigenvalue weighted by Gasteiger charge is 2.32. The number of nitrogens with zero attached hydrogens (tertiary/aromatic N) is 1. The summed E-state index contributed by atoms with van der Waals surface area (Å²) < 4.78 is 16.2. The van der Waals surface area contributed by atoms with Crippen LogP contribution in [0.2, 0.25) is 5.02 Å². The molecular weight excluding hydrogens is 529 g/mol. The van der Waals surface area contributed by atoms with Gasteiger partial charge in [0.15, 0.2) is 0 Å². The van der Waals surface area contributed by atoms with Gasteiger partial charge < -0.3 is 15.5 Å². The maximum absolute atomic E-state index is 15.3. The summed E-state index contributed by atoms with van der Waals surface area (Å²) in [6.07, 6.45) is 3.66. The maximum atomic E-state index is 15.3. The number of thiophene rings is 1. The third-order valence-corrected chi connectivity index (χ3v) is 9.16. The number of amides is 1. The minimum absolute atomic E-state index is 0.0129. The number of rotatable bonds is 8. The molecule has 0 atom stereocenters. The molecule has 2 N–H and O–H groups in total. The number of nitrogens with one attached hydrogen (secondary N) is 2. The Kier molecular flexibility index (Phi) is 8.36. The summed E-state index contributed by atoms with van der Waals surface area (Å²) in [4.78, 5) is 16.5. The van der Waals surface area contributed by atoms with E-state index in [-0.39, 0.29) is 24.3 Å². The number of fused-ring (bicyclic) bond motifs is 1. The van der Waals surface area contributed by atoms with Crippen LogP contribution in [0.15, 0.2) is 79.0 Å². The summed E-state index contributed by atoms with van der Waals surface area (Å²) in [7, 11) is 1.98. The number of hydrogen-bond acceptors (Lipinski definition) is 4. The van der Waals surface area contributed by atoms with Crippen LogP contribution in [0.4, 0.5) is 10.1 Å². The standard InChI is InChI=1S/C32H33ClFN3OS/c1-20(2)36-25-11-8-21(9-12-25)22-10-17-28(34)23(18-22)19-37(26-15-13-24(35-3)14-16-26)32(38)31-30(33)27-6-4-5-7-29(27)39-31/h4-12,17-18,24,26,35-36H,1,13-16,19H2,2-3H3/t24-,26-. The largest absolute Gasteiger partial charge is 0.360 e. The average Bonchev–Trinajstić information content (AvgIpc) is 3.29. The van der Waals surface area contributed by atoms with Gasteiger partial charge in [0.1, 0.15) is 10.7 Å². The van der Waals surface area contributed by atoms with Crippen molar-refractivity contribution in [1.82, 2.24) is 10.2 Å². The van der Waals surface area contributed by atoms with E-state index in [4.69, 9.17) is 11.6 Å². The van der Waals surface area contributed by atoms with Crippen molar-refractivity contribution >= 4 is 44.6 Å². The number of carbonyl (C=O) groups excluding carboxylic acids is 1. The van der Waals surface area contributed by atoms with Gasteiger partial charge >= 0.3 is 0 Å². The smallest absolute Gasteiger partial charge is 0.266 e. The second kappa shape index (κ2) is 11.9. The number of benzene rings is 3. The summed E-state index contributed by atoms with van der Waals surface area (Å²) in [5.74, 6) is -0.447. The van der Waals surface area contributed by atoms with E-state index >= 15 is 4.39 Å². The predicted octanol–water partition coefficient (Wildman–Crippen LogP) is 8.48. The topological polar surface area (TPSA) is 44.4 Å². The molecule has 0 spiro atoms. The zero-order valence-corrected chi connectivity index (χ0v) is 23.8. The van der Waals surface area contributed by atoms with Crippen molar-refractivity contribution in [2.45, 2.75) is 51.2 Å². The molecule has 1 heterocycles. The maximum Gasteiger partial charge on any atom is 0.266 e. The van der Waals surface area contributed by atoms with Gasteiger partial charge in [0, 0.05) is 45.7 Å². The van der Waals surface area contributed by atoms with Gasteiger partial charge in [-0.25, -0.2) is 4.39 Å². The number of anilines is 1. The lowest BCUT2D eigenvalue weighted by atomic mass is 9.89. The molecule has 1 aliphatic rings. The Balaban J connectivity index is 1.47. The zero-order valence-electron chi connectivity index (χ0n) is 22.3. The molecule has 7 heteroatoms. The second-order valence-electron chi connectivity index (χ2n) is 10.3. The van der Waals surface area contributed by atoms with Crippen LogP contribution in [0, 0.1) is 5.82 Å². The van der Waals surface area contributed by atoms with Gasteiger partial charge in [-0.15, -0.1) is 11.3 Å². The highest BCUT2D eigenvalue weighted by molar-refractivity contribution is 7.21. The van der Waals surface area contributed by atoms with Crippen molar-refractivity contribution in [3.8, 4) is 11.1 Å².